The van der Waals surface area contributed by atoms with Crippen LogP contribution in [0.1, 0.15) is 11.3 Å². The van der Waals surface area contributed by atoms with E-state index in [9.17, 15) is 8.42 Å². The Kier molecular flexibility index (Phi) is 5.12. The fraction of sp³-hybridized carbons (Fsp3) is 0.0417. The van der Waals surface area contributed by atoms with Gasteiger partial charge in [0.25, 0.3) is 10.0 Å². The first kappa shape index (κ1) is 20.5. The van der Waals surface area contributed by atoms with Crippen molar-refractivity contribution in [3.05, 3.63) is 96.6 Å². The predicted molar refractivity (Wildman–Crippen MR) is 126 cm³/mol. The summed E-state index contributed by atoms with van der Waals surface area (Å²) in [5.74, 6) is 0. The van der Waals surface area contributed by atoms with E-state index < -0.39 is 10.0 Å². The van der Waals surface area contributed by atoms with Gasteiger partial charge in [0.1, 0.15) is 10.5 Å². The number of anilines is 2. The van der Waals surface area contributed by atoms with E-state index >= 15 is 0 Å². The van der Waals surface area contributed by atoms with Crippen molar-refractivity contribution in [1.82, 2.24) is 14.4 Å². The molecule has 0 spiro atoms. The minimum Gasteiger partial charge on any atom is -0.379 e. The van der Waals surface area contributed by atoms with Gasteiger partial charge in [-0.3, -0.25) is 9.71 Å². The molecule has 0 saturated carbocycles. The second-order valence-electron chi connectivity index (χ2n) is 7.39. The first-order valence-electron chi connectivity index (χ1n) is 10.1. The molecule has 3 aromatic heterocycles. The number of fused-ring (bicyclic) bond motifs is 2. The minimum atomic E-state index is -3.84. The Bertz CT molecular complexity index is 1610. The van der Waals surface area contributed by atoms with Crippen molar-refractivity contribution < 1.29 is 8.42 Å². The molecule has 2 aromatic carbocycles. The van der Waals surface area contributed by atoms with Gasteiger partial charge in [0.05, 0.1) is 35.1 Å². The van der Waals surface area contributed by atoms with Crippen LogP contribution in [0, 0.1) is 11.3 Å². The van der Waals surface area contributed by atoms with Crippen LogP contribution < -0.4 is 10.0 Å². The Balaban J connectivity index is 1.36. The van der Waals surface area contributed by atoms with Crippen LogP contribution in [0.5, 0.6) is 0 Å². The summed E-state index contributed by atoms with van der Waals surface area (Å²) < 4.78 is 30.5. The van der Waals surface area contributed by atoms with Crippen molar-refractivity contribution in [2.24, 2.45) is 0 Å². The molecule has 0 aliphatic rings. The minimum absolute atomic E-state index is 0.124. The number of nitriles is 1. The summed E-state index contributed by atoms with van der Waals surface area (Å²) in [5.41, 5.74) is 3.80. The lowest BCUT2D eigenvalue weighted by Crippen LogP contribution is -2.14. The molecule has 2 N–H and O–H groups in total. The number of hydrogen-bond acceptors (Lipinski definition) is 6. The number of imidazole rings is 1. The zero-order chi connectivity index (χ0) is 22.8. The normalized spacial score (nSPS) is 11.4. The number of nitrogens with zero attached hydrogens (tertiary/aromatic N) is 4. The lowest BCUT2D eigenvalue weighted by molar-refractivity contribution is 0.602. The number of rotatable bonds is 6. The predicted octanol–water partition coefficient (Wildman–Crippen LogP) is 4.17. The van der Waals surface area contributed by atoms with Crippen molar-refractivity contribution >= 4 is 37.9 Å². The number of sulfonamides is 1. The van der Waals surface area contributed by atoms with Crippen LogP contribution in [0.4, 0.5) is 11.4 Å². The van der Waals surface area contributed by atoms with E-state index in [0.717, 1.165) is 16.8 Å². The maximum Gasteiger partial charge on any atom is 0.264 e. The molecule has 0 amide bonds. The number of para-hydroxylation sites is 1. The summed E-state index contributed by atoms with van der Waals surface area (Å²) >= 11 is 0. The molecule has 0 atom stereocenters. The third-order valence-electron chi connectivity index (χ3n) is 5.13. The fourth-order valence-electron chi connectivity index (χ4n) is 3.55. The average molecular weight is 455 g/mol. The molecule has 5 rings (SSSR count). The maximum absolute atomic E-state index is 13.1. The number of nitrogens with one attached hydrogen (secondary N) is 2. The molecule has 162 valence electrons. The van der Waals surface area contributed by atoms with Crippen LogP contribution in [-0.2, 0) is 16.6 Å². The van der Waals surface area contributed by atoms with Gasteiger partial charge >= 0.3 is 0 Å². The zero-order valence-corrected chi connectivity index (χ0v) is 18.1. The first-order chi connectivity index (χ1) is 16.0. The molecular weight excluding hydrogens is 436 g/mol. The Hall–Kier alpha value is -4.42. The summed E-state index contributed by atoms with van der Waals surface area (Å²) in [4.78, 5) is 8.92. The third kappa shape index (κ3) is 4.20. The molecule has 0 unspecified atom stereocenters. The van der Waals surface area contributed by atoms with Gasteiger partial charge < -0.3 is 9.72 Å². The van der Waals surface area contributed by atoms with Crippen molar-refractivity contribution in [1.29, 1.82) is 5.26 Å². The van der Waals surface area contributed by atoms with E-state index in [0.29, 0.717) is 29.0 Å². The van der Waals surface area contributed by atoms with Gasteiger partial charge in [-0.1, -0.05) is 18.2 Å². The second kappa shape index (κ2) is 8.26. The zero-order valence-electron chi connectivity index (χ0n) is 17.3. The summed E-state index contributed by atoms with van der Waals surface area (Å²) in [6, 6.07) is 21.4. The molecule has 5 aromatic rings. The van der Waals surface area contributed by atoms with Crippen molar-refractivity contribution in [2.75, 3.05) is 10.0 Å². The van der Waals surface area contributed by atoms with Crippen LogP contribution in [0.15, 0.2) is 90.2 Å². The lowest BCUT2D eigenvalue weighted by atomic mass is 10.2. The van der Waals surface area contributed by atoms with Gasteiger partial charge in [-0.25, -0.2) is 13.4 Å². The number of pyridine rings is 2. The molecule has 8 nitrogen and oxygen atoms in total. The van der Waals surface area contributed by atoms with Gasteiger partial charge in [0.15, 0.2) is 0 Å². The van der Waals surface area contributed by atoms with Gasteiger partial charge in [-0.2, -0.15) is 5.26 Å². The quantitative estimate of drug-likeness (QED) is 0.398. The highest BCUT2D eigenvalue weighted by Gasteiger charge is 2.18. The van der Waals surface area contributed by atoms with Crippen molar-refractivity contribution in [3.63, 3.8) is 0 Å². The summed E-state index contributed by atoms with van der Waals surface area (Å²) in [7, 11) is -3.84. The Morgan fingerprint density at radius 3 is 2.55 bits per heavy atom. The largest absolute Gasteiger partial charge is 0.379 e. The first-order valence-corrected chi connectivity index (χ1v) is 11.6. The molecule has 0 aliphatic heterocycles. The number of hydrogen-bond donors (Lipinski definition) is 2. The summed E-state index contributed by atoms with van der Waals surface area (Å²) in [6.45, 7) is 0.482. The highest BCUT2D eigenvalue weighted by molar-refractivity contribution is 7.93. The molecule has 0 fully saturated rings. The number of aromatic nitrogens is 3. The molecule has 0 saturated heterocycles. The van der Waals surface area contributed by atoms with Crippen LogP contribution in [0.3, 0.4) is 0 Å². The van der Waals surface area contributed by atoms with E-state index in [4.69, 9.17) is 5.26 Å². The Morgan fingerprint density at radius 2 is 1.73 bits per heavy atom. The highest BCUT2D eigenvalue weighted by Crippen LogP contribution is 2.23. The topological polar surface area (TPSA) is 112 Å². The summed E-state index contributed by atoms with van der Waals surface area (Å²) in [6.07, 6.45) is 5.10. The van der Waals surface area contributed by atoms with Crippen LogP contribution in [-0.4, -0.2) is 22.8 Å². The van der Waals surface area contributed by atoms with Gasteiger partial charge in [0, 0.05) is 29.7 Å². The lowest BCUT2D eigenvalue weighted by Gasteiger charge is -2.10. The molecular formula is C24H18N6O2S. The monoisotopic (exact) mass is 454 g/mol. The number of benzene rings is 2. The van der Waals surface area contributed by atoms with Gasteiger partial charge in [-0.15, -0.1) is 0 Å². The molecule has 3 heterocycles. The molecule has 0 bridgehead atoms. The average Bonchev–Trinajstić information content (AvgIpc) is 3.24. The smallest absolute Gasteiger partial charge is 0.264 e. The summed E-state index contributed by atoms with van der Waals surface area (Å²) in [5, 5.41) is 12.9. The van der Waals surface area contributed by atoms with Crippen LogP contribution in [0.2, 0.25) is 0 Å². The van der Waals surface area contributed by atoms with E-state index in [-0.39, 0.29) is 4.90 Å². The van der Waals surface area contributed by atoms with E-state index in [1.54, 1.807) is 59.3 Å². The Labute approximate surface area is 190 Å². The standard InChI is InChI=1S/C24H18N6O2S/c25-13-17-6-8-19(9-7-17)27-14-21-16-30-15-20(10-11-23(30)28-21)29-33(31,32)22-5-1-3-18-4-2-12-26-24(18)22/h1-12,15-16,27,29H,14H2. The Morgan fingerprint density at radius 1 is 0.939 bits per heavy atom. The fourth-order valence-corrected chi connectivity index (χ4v) is 4.77. The highest BCUT2D eigenvalue weighted by atomic mass is 32.2. The molecule has 9 heteroatoms. The van der Waals surface area contributed by atoms with Gasteiger partial charge in [0.2, 0.25) is 0 Å². The van der Waals surface area contributed by atoms with Crippen molar-refractivity contribution in [2.45, 2.75) is 11.4 Å². The van der Waals surface area contributed by atoms with E-state index in [2.05, 4.69) is 26.1 Å². The van der Waals surface area contributed by atoms with E-state index in [1.165, 1.54) is 0 Å². The van der Waals surface area contributed by atoms with Crippen LogP contribution >= 0.6 is 0 Å². The van der Waals surface area contributed by atoms with Crippen molar-refractivity contribution in [3.8, 4) is 6.07 Å². The SMILES string of the molecule is N#Cc1ccc(NCc2cn3cc(NS(=O)(=O)c4cccc5cccnc45)ccc3n2)cc1. The second-order valence-corrected chi connectivity index (χ2v) is 9.05. The molecule has 33 heavy (non-hydrogen) atoms. The van der Waals surface area contributed by atoms with Crippen LogP contribution in [0.25, 0.3) is 16.6 Å². The molecule has 0 aliphatic carbocycles. The van der Waals surface area contributed by atoms with Gasteiger partial charge in [-0.05, 0) is 48.5 Å². The van der Waals surface area contributed by atoms with E-state index in [1.807, 2.05) is 30.5 Å². The third-order valence-corrected chi connectivity index (χ3v) is 6.54. The maximum atomic E-state index is 13.1. The molecule has 0 radical (unpaired) electrons.